The molecule has 1 heterocycles. The number of nitrogens with one attached hydrogen (secondary N) is 1. The van der Waals surface area contributed by atoms with Crippen LogP contribution in [0.15, 0.2) is 59.1 Å². The summed E-state index contributed by atoms with van der Waals surface area (Å²) in [5.74, 6) is 0.791. The molecular formula is C16H15N3O3S. The fraction of sp³-hybridized carbons (Fsp3) is 0.125. The van der Waals surface area contributed by atoms with Gasteiger partial charge in [-0.3, -0.25) is 4.72 Å². The minimum Gasteiger partial charge on any atom is -0.334 e. The van der Waals surface area contributed by atoms with Crippen molar-refractivity contribution in [2.45, 2.75) is 12.7 Å². The standard InChI is InChI=1S/C16H15N3O3S/c1-12-17-16(22-18-12)14-8-5-9-15(10-14)19-23(20,21)11-13-6-3-2-4-7-13/h2-10,19H,11H2,1H3. The van der Waals surface area contributed by atoms with Crippen molar-refractivity contribution in [2.24, 2.45) is 0 Å². The summed E-state index contributed by atoms with van der Waals surface area (Å²) in [4.78, 5) is 4.13. The second kappa shape index (κ2) is 6.21. The number of aryl methyl sites for hydroxylation is 1. The Kier molecular flexibility index (Phi) is 4.12. The van der Waals surface area contributed by atoms with Crippen LogP contribution in [0.5, 0.6) is 0 Å². The fourth-order valence-corrected chi connectivity index (χ4v) is 3.33. The van der Waals surface area contributed by atoms with E-state index in [0.29, 0.717) is 23.0 Å². The number of rotatable bonds is 5. The number of aromatic nitrogens is 2. The summed E-state index contributed by atoms with van der Waals surface area (Å²) in [5.41, 5.74) is 1.84. The van der Waals surface area contributed by atoms with Gasteiger partial charge in [0.2, 0.25) is 10.0 Å². The topological polar surface area (TPSA) is 85.1 Å². The molecule has 0 atom stereocenters. The molecule has 0 bridgehead atoms. The average molecular weight is 329 g/mol. The number of benzene rings is 2. The molecule has 118 valence electrons. The molecule has 0 aliphatic heterocycles. The highest BCUT2D eigenvalue weighted by Gasteiger charge is 2.13. The summed E-state index contributed by atoms with van der Waals surface area (Å²) in [6.45, 7) is 1.72. The first kappa shape index (κ1) is 15.2. The highest BCUT2D eigenvalue weighted by Crippen LogP contribution is 2.22. The summed E-state index contributed by atoms with van der Waals surface area (Å²) in [6, 6.07) is 15.9. The summed E-state index contributed by atoms with van der Waals surface area (Å²) < 4.78 is 32.2. The van der Waals surface area contributed by atoms with E-state index in [0.717, 1.165) is 5.56 Å². The predicted molar refractivity (Wildman–Crippen MR) is 87.2 cm³/mol. The first-order valence-electron chi connectivity index (χ1n) is 6.97. The van der Waals surface area contributed by atoms with E-state index in [1.165, 1.54) is 0 Å². The molecule has 0 aliphatic carbocycles. The maximum Gasteiger partial charge on any atom is 0.257 e. The third-order valence-electron chi connectivity index (χ3n) is 3.11. The van der Waals surface area contributed by atoms with E-state index in [1.807, 2.05) is 18.2 Å². The van der Waals surface area contributed by atoms with E-state index in [2.05, 4.69) is 14.9 Å². The van der Waals surface area contributed by atoms with Crippen LogP contribution in [0.2, 0.25) is 0 Å². The summed E-state index contributed by atoms with van der Waals surface area (Å²) >= 11 is 0. The maximum atomic E-state index is 12.3. The third kappa shape index (κ3) is 3.95. The van der Waals surface area contributed by atoms with Crippen LogP contribution in [0.1, 0.15) is 11.4 Å². The number of anilines is 1. The summed E-state index contributed by atoms with van der Waals surface area (Å²) in [7, 11) is -3.50. The van der Waals surface area contributed by atoms with Crippen molar-refractivity contribution in [2.75, 3.05) is 4.72 Å². The average Bonchev–Trinajstić information content (AvgIpc) is 2.94. The summed E-state index contributed by atoms with van der Waals surface area (Å²) in [5, 5.41) is 3.73. The van der Waals surface area contributed by atoms with Gasteiger partial charge in [-0.15, -0.1) is 0 Å². The Morgan fingerprint density at radius 1 is 1.09 bits per heavy atom. The van der Waals surface area contributed by atoms with Crippen LogP contribution in [0, 0.1) is 6.92 Å². The largest absolute Gasteiger partial charge is 0.334 e. The van der Waals surface area contributed by atoms with E-state index < -0.39 is 10.0 Å². The van der Waals surface area contributed by atoms with Gasteiger partial charge in [0.15, 0.2) is 5.82 Å². The highest BCUT2D eigenvalue weighted by molar-refractivity contribution is 7.91. The highest BCUT2D eigenvalue weighted by atomic mass is 32.2. The van der Waals surface area contributed by atoms with E-state index in [1.54, 1.807) is 43.3 Å². The van der Waals surface area contributed by atoms with Crippen LogP contribution in [0.3, 0.4) is 0 Å². The maximum absolute atomic E-state index is 12.3. The molecule has 0 radical (unpaired) electrons. The lowest BCUT2D eigenvalue weighted by Gasteiger charge is -2.08. The molecule has 0 fully saturated rings. The van der Waals surface area contributed by atoms with Gasteiger partial charge in [-0.05, 0) is 30.7 Å². The van der Waals surface area contributed by atoms with Crippen LogP contribution >= 0.6 is 0 Å². The van der Waals surface area contributed by atoms with Crippen molar-refractivity contribution in [3.8, 4) is 11.5 Å². The van der Waals surface area contributed by atoms with Gasteiger partial charge < -0.3 is 4.52 Å². The van der Waals surface area contributed by atoms with Gasteiger partial charge in [0.1, 0.15) is 0 Å². The SMILES string of the molecule is Cc1noc(-c2cccc(NS(=O)(=O)Cc3ccccc3)c2)n1. The minimum absolute atomic E-state index is 0.0856. The Hall–Kier alpha value is -2.67. The van der Waals surface area contributed by atoms with Crippen LogP contribution < -0.4 is 4.72 Å². The van der Waals surface area contributed by atoms with Gasteiger partial charge in [-0.1, -0.05) is 41.6 Å². The molecule has 0 unspecified atom stereocenters. The second-order valence-electron chi connectivity index (χ2n) is 5.07. The van der Waals surface area contributed by atoms with Crippen molar-refractivity contribution in [3.05, 3.63) is 66.0 Å². The van der Waals surface area contributed by atoms with E-state index in [9.17, 15) is 8.42 Å². The molecule has 0 amide bonds. The molecule has 7 heteroatoms. The van der Waals surface area contributed by atoms with Crippen molar-refractivity contribution < 1.29 is 12.9 Å². The van der Waals surface area contributed by atoms with E-state index in [4.69, 9.17) is 4.52 Å². The number of hydrogen-bond acceptors (Lipinski definition) is 5. The van der Waals surface area contributed by atoms with Gasteiger partial charge in [-0.2, -0.15) is 4.98 Å². The third-order valence-corrected chi connectivity index (χ3v) is 4.37. The number of nitrogens with zero attached hydrogens (tertiary/aromatic N) is 2. The molecular weight excluding hydrogens is 314 g/mol. The monoisotopic (exact) mass is 329 g/mol. The smallest absolute Gasteiger partial charge is 0.257 e. The van der Waals surface area contributed by atoms with E-state index >= 15 is 0 Å². The van der Waals surface area contributed by atoms with Gasteiger partial charge in [0, 0.05) is 11.3 Å². The van der Waals surface area contributed by atoms with Crippen LogP contribution in [-0.2, 0) is 15.8 Å². The molecule has 23 heavy (non-hydrogen) atoms. The van der Waals surface area contributed by atoms with Gasteiger partial charge in [0.25, 0.3) is 5.89 Å². The lowest BCUT2D eigenvalue weighted by Crippen LogP contribution is -2.15. The first-order valence-corrected chi connectivity index (χ1v) is 8.62. The van der Waals surface area contributed by atoms with Crippen molar-refractivity contribution >= 4 is 15.7 Å². The first-order chi connectivity index (χ1) is 11.0. The predicted octanol–water partition coefficient (Wildman–Crippen LogP) is 2.99. The number of hydrogen-bond donors (Lipinski definition) is 1. The normalized spacial score (nSPS) is 11.3. The van der Waals surface area contributed by atoms with Crippen molar-refractivity contribution in [1.29, 1.82) is 0 Å². The molecule has 1 aromatic heterocycles. The minimum atomic E-state index is -3.50. The quantitative estimate of drug-likeness (QED) is 0.778. The number of sulfonamides is 1. The molecule has 6 nitrogen and oxygen atoms in total. The van der Waals surface area contributed by atoms with Crippen LogP contribution in [0.4, 0.5) is 5.69 Å². The molecule has 0 aliphatic rings. The second-order valence-corrected chi connectivity index (χ2v) is 6.80. The van der Waals surface area contributed by atoms with Crippen LogP contribution in [-0.4, -0.2) is 18.6 Å². The molecule has 3 aromatic rings. The molecule has 3 rings (SSSR count). The Bertz CT molecular complexity index is 905. The van der Waals surface area contributed by atoms with Gasteiger partial charge in [-0.25, -0.2) is 8.42 Å². The Balaban J connectivity index is 1.80. The molecule has 0 spiro atoms. The Morgan fingerprint density at radius 3 is 2.57 bits per heavy atom. The lowest BCUT2D eigenvalue weighted by atomic mass is 10.2. The van der Waals surface area contributed by atoms with Crippen molar-refractivity contribution in [1.82, 2.24) is 10.1 Å². The van der Waals surface area contributed by atoms with E-state index in [-0.39, 0.29) is 5.75 Å². The van der Waals surface area contributed by atoms with Gasteiger partial charge in [0.05, 0.1) is 5.75 Å². The summed E-state index contributed by atoms with van der Waals surface area (Å²) in [6.07, 6.45) is 0. The fourth-order valence-electron chi connectivity index (χ4n) is 2.14. The van der Waals surface area contributed by atoms with Crippen LogP contribution in [0.25, 0.3) is 11.5 Å². The van der Waals surface area contributed by atoms with Crippen molar-refractivity contribution in [3.63, 3.8) is 0 Å². The zero-order chi connectivity index (χ0) is 16.3. The lowest BCUT2D eigenvalue weighted by molar-refractivity contribution is 0.425. The zero-order valence-electron chi connectivity index (χ0n) is 12.4. The Morgan fingerprint density at radius 2 is 1.87 bits per heavy atom. The molecule has 1 N–H and O–H groups in total. The molecule has 0 saturated carbocycles. The zero-order valence-corrected chi connectivity index (χ0v) is 13.2. The Labute approximate surface area is 134 Å². The van der Waals surface area contributed by atoms with Gasteiger partial charge >= 0.3 is 0 Å². The molecule has 2 aromatic carbocycles. The molecule has 0 saturated heterocycles.